The van der Waals surface area contributed by atoms with Gasteiger partial charge in [-0.1, -0.05) is 179 Å². The van der Waals surface area contributed by atoms with Gasteiger partial charge in [0.15, 0.2) is 0 Å². The quantitative estimate of drug-likeness (QED) is 0.0397. The van der Waals surface area contributed by atoms with E-state index in [1.165, 1.54) is 199 Å². The number of hydrogen-bond acceptors (Lipinski definition) is 1. The lowest BCUT2D eigenvalue weighted by molar-refractivity contribution is -0.107. The zero-order valence-corrected chi connectivity index (χ0v) is 30.1. The minimum absolute atomic E-state index is 0.748. The van der Waals surface area contributed by atoms with Gasteiger partial charge in [-0.05, 0) is 76.5 Å². The van der Waals surface area contributed by atoms with Crippen molar-refractivity contribution in [1.82, 2.24) is 0 Å². The second-order valence-electron chi connectivity index (χ2n) is 13.8. The molecule has 0 aliphatic rings. The van der Waals surface area contributed by atoms with Gasteiger partial charge >= 0.3 is 0 Å². The Kier molecular flexibility index (Phi) is 36.6. The Morgan fingerprint density at radius 3 is 1.40 bits per heavy atom. The molecule has 0 bridgehead atoms. The number of allylic oxidation sites excluding steroid dienone is 4. The standard InChI is InChI=1S/C42H80O/c1-4-7-10-11-12-13-14-15-16-17-18-20-24-29-36-41(34-8-5-2)38-31-26-23-27-32-39-42(35-9-6-3)37-30-25-21-19-22-28-33-40-43/h15-16,37,40-41H,4-14,17-36,38-39H2,1-3H3/b16-15+,42-37-. The summed E-state index contributed by atoms with van der Waals surface area (Å²) in [4.78, 5) is 10.4. The SMILES string of the molecule is CCCCCCCC/C=C/CCCCCCC(CCCC)CCCCCCC/C(=C\CCCCCCCC=O)CCCC. The van der Waals surface area contributed by atoms with Crippen molar-refractivity contribution in [3.63, 3.8) is 0 Å². The van der Waals surface area contributed by atoms with Crippen LogP contribution in [0.5, 0.6) is 0 Å². The average Bonchev–Trinajstić information content (AvgIpc) is 3.02. The fourth-order valence-electron chi connectivity index (χ4n) is 6.51. The molecule has 43 heavy (non-hydrogen) atoms. The lowest BCUT2D eigenvalue weighted by Gasteiger charge is -2.16. The number of carbonyl (C=O) groups is 1. The highest BCUT2D eigenvalue weighted by Crippen LogP contribution is 2.24. The molecule has 0 spiro atoms. The smallest absolute Gasteiger partial charge is 0.119 e. The number of unbranched alkanes of at least 4 members (excludes halogenated alkanes) is 22. The third-order valence-corrected chi connectivity index (χ3v) is 9.51. The normalized spacial score (nSPS) is 12.9. The van der Waals surface area contributed by atoms with Gasteiger partial charge in [-0.15, -0.1) is 0 Å². The van der Waals surface area contributed by atoms with Crippen LogP contribution in [0.25, 0.3) is 0 Å². The highest BCUT2D eigenvalue weighted by molar-refractivity contribution is 5.48. The maximum absolute atomic E-state index is 10.4. The Morgan fingerprint density at radius 2 is 0.837 bits per heavy atom. The first-order valence-corrected chi connectivity index (χ1v) is 20.0. The van der Waals surface area contributed by atoms with Crippen LogP contribution in [-0.2, 0) is 4.79 Å². The zero-order valence-electron chi connectivity index (χ0n) is 30.1. The van der Waals surface area contributed by atoms with Crippen LogP contribution in [0.4, 0.5) is 0 Å². The van der Waals surface area contributed by atoms with E-state index in [1.54, 1.807) is 5.57 Å². The van der Waals surface area contributed by atoms with Gasteiger partial charge in [0.05, 0.1) is 0 Å². The van der Waals surface area contributed by atoms with Gasteiger partial charge in [-0.2, -0.15) is 0 Å². The van der Waals surface area contributed by atoms with E-state index in [2.05, 4.69) is 39.0 Å². The molecular formula is C42H80O. The first-order chi connectivity index (χ1) is 21.3. The van der Waals surface area contributed by atoms with Crippen molar-refractivity contribution >= 4 is 6.29 Å². The molecule has 0 aromatic carbocycles. The molecule has 0 fully saturated rings. The molecule has 254 valence electrons. The monoisotopic (exact) mass is 601 g/mol. The van der Waals surface area contributed by atoms with Gasteiger partial charge in [-0.3, -0.25) is 0 Å². The molecule has 0 aromatic heterocycles. The summed E-state index contributed by atoms with van der Waals surface area (Å²) < 4.78 is 0. The predicted octanol–water partition coefficient (Wildman–Crippen LogP) is 15.2. The lowest BCUT2D eigenvalue weighted by Crippen LogP contribution is -2.01. The molecule has 0 radical (unpaired) electrons. The number of carbonyl (C=O) groups excluding carboxylic acids is 1. The van der Waals surface area contributed by atoms with Crippen molar-refractivity contribution in [2.24, 2.45) is 5.92 Å². The molecule has 1 unspecified atom stereocenters. The molecule has 1 atom stereocenters. The van der Waals surface area contributed by atoms with E-state index in [0.717, 1.165) is 25.0 Å². The van der Waals surface area contributed by atoms with Gasteiger partial charge in [0, 0.05) is 6.42 Å². The summed E-state index contributed by atoms with van der Waals surface area (Å²) in [5.41, 5.74) is 1.74. The van der Waals surface area contributed by atoms with Crippen LogP contribution in [0, 0.1) is 5.92 Å². The predicted molar refractivity (Wildman–Crippen MR) is 196 cm³/mol. The van der Waals surface area contributed by atoms with E-state index in [-0.39, 0.29) is 0 Å². The molecule has 0 aliphatic heterocycles. The first-order valence-electron chi connectivity index (χ1n) is 20.0. The fourth-order valence-corrected chi connectivity index (χ4v) is 6.51. The van der Waals surface area contributed by atoms with E-state index in [4.69, 9.17) is 0 Å². The molecule has 0 aliphatic carbocycles. The summed E-state index contributed by atoms with van der Waals surface area (Å²) >= 11 is 0. The van der Waals surface area contributed by atoms with Crippen LogP contribution in [0.3, 0.4) is 0 Å². The fraction of sp³-hybridized carbons (Fsp3) is 0.881. The van der Waals surface area contributed by atoms with E-state index < -0.39 is 0 Å². The van der Waals surface area contributed by atoms with Crippen LogP contribution in [0.1, 0.15) is 233 Å². The molecular weight excluding hydrogens is 520 g/mol. The van der Waals surface area contributed by atoms with E-state index >= 15 is 0 Å². The van der Waals surface area contributed by atoms with Crippen LogP contribution < -0.4 is 0 Å². The minimum Gasteiger partial charge on any atom is -0.303 e. The summed E-state index contributed by atoms with van der Waals surface area (Å²) in [6, 6.07) is 0. The Balaban J connectivity index is 3.90. The van der Waals surface area contributed by atoms with E-state index in [9.17, 15) is 4.79 Å². The maximum Gasteiger partial charge on any atom is 0.119 e. The third-order valence-electron chi connectivity index (χ3n) is 9.51. The van der Waals surface area contributed by atoms with Crippen molar-refractivity contribution in [3.05, 3.63) is 23.8 Å². The Bertz CT molecular complexity index is 588. The molecule has 0 rings (SSSR count). The molecule has 0 N–H and O–H groups in total. The number of hydrogen-bond donors (Lipinski definition) is 0. The third kappa shape index (κ3) is 33.9. The summed E-state index contributed by atoms with van der Waals surface area (Å²) in [6.07, 6.45) is 53.4. The summed E-state index contributed by atoms with van der Waals surface area (Å²) in [5.74, 6) is 0.991. The van der Waals surface area contributed by atoms with Crippen molar-refractivity contribution in [3.8, 4) is 0 Å². The van der Waals surface area contributed by atoms with Gasteiger partial charge in [0.25, 0.3) is 0 Å². The van der Waals surface area contributed by atoms with Crippen LogP contribution in [0.15, 0.2) is 23.8 Å². The van der Waals surface area contributed by atoms with Crippen molar-refractivity contribution in [2.45, 2.75) is 233 Å². The molecule has 0 heterocycles. The topological polar surface area (TPSA) is 17.1 Å². The van der Waals surface area contributed by atoms with Gasteiger partial charge in [0.2, 0.25) is 0 Å². The zero-order chi connectivity index (χ0) is 31.3. The maximum atomic E-state index is 10.4. The summed E-state index contributed by atoms with van der Waals surface area (Å²) in [6.45, 7) is 6.98. The van der Waals surface area contributed by atoms with Crippen molar-refractivity contribution in [1.29, 1.82) is 0 Å². The van der Waals surface area contributed by atoms with Crippen LogP contribution in [0.2, 0.25) is 0 Å². The summed E-state index contributed by atoms with van der Waals surface area (Å²) in [7, 11) is 0. The summed E-state index contributed by atoms with van der Waals surface area (Å²) in [5, 5.41) is 0. The van der Waals surface area contributed by atoms with Crippen molar-refractivity contribution < 1.29 is 4.79 Å². The van der Waals surface area contributed by atoms with Gasteiger partial charge < -0.3 is 4.79 Å². The highest BCUT2D eigenvalue weighted by atomic mass is 16.1. The van der Waals surface area contributed by atoms with Crippen LogP contribution >= 0.6 is 0 Å². The minimum atomic E-state index is 0.748. The molecule has 1 heteroatoms. The Hall–Kier alpha value is -0.850. The lowest BCUT2D eigenvalue weighted by atomic mass is 9.90. The van der Waals surface area contributed by atoms with E-state index in [0.29, 0.717) is 0 Å². The first kappa shape index (κ1) is 42.1. The molecule has 0 amide bonds. The second kappa shape index (κ2) is 37.3. The van der Waals surface area contributed by atoms with Crippen molar-refractivity contribution in [2.75, 3.05) is 0 Å². The second-order valence-corrected chi connectivity index (χ2v) is 13.8. The Morgan fingerprint density at radius 1 is 0.419 bits per heavy atom. The number of aldehydes is 1. The van der Waals surface area contributed by atoms with E-state index in [1.807, 2.05) is 0 Å². The molecule has 0 saturated heterocycles. The molecule has 0 aromatic rings. The van der Waals surface area contributed by atoms with Gasteiger partial charge in [0.1, 0.15) is 6.29 Å². The van der Waals surface area contributed by atoms with Gasteiger partial charge in [-0.25, -0.2) is 0 Å². The Labute approximate surface area is 272 Å². The molecule has 0 saturated carbocycles. The number of rotatable bonds is 36. The average molecular weight is 601 g/mol. The largest absolute Gasteiger partial charge is 0.303 e. The highest BCUT2D eigenvalue weighted by Gasteiger charge is 2.08. The molecule has 1 nitrogen and oxygen atoms in total. The van der Waals surface area contributed by atoms with Crippen LogP contribution in [-0.4, -0.2) is 6.29 Å².